The first kappa shape index (κ1) is 12.5. The smallest absolute Gasteiger partial charge is 0.167 e. The molecule has 20 heavy (non-hydrogen) atoms. The van der Waals surface area contributed by atoms with Crippen molar-refractivity contribution in [1.29, 1.82) is 0 Å². The molecule has 1 fully saturated rings. The van der Waals surface area contributed by atoms with E-state index in [9.17, 15) is 0 Å². The van der Waals surface area contributed by atoms with Crippen LogP contribution in [-0.4, -0.2) is 23.2 Å². The largest absolute Gasteiger partial charge is 0.321 e. The van der Waals surface area contributed by atoms with Gasteiger partial charge < -0.3 is 4.90 Å². The summed E-state index contributed by atoms with van der Waals surface area (Å²) in [6.07, 6.45) is 6.64. The van der Waals surface area contributed by atoms with Crippen LogP contribution in [0, 0.1) is 0 Å². The standard InChI is InChI=1S/C17H20N2S/c1-3-7-14(8-4-1)17(9-5-2-6-10-17)15-13-20-16-18-11-12-19(15)16/h1,3-4,7-8,13H,2,5-6,9-12H2. The van der Waals surface area contributed by atoms with Gasteiger partial charge in [-0.3, -0.25) is 4.99 Å². The van der Waals surface area contributed by atoms with Crippen LogP contribution in [0.2, 0.25) is 0 Å². The summed E-state index contributed by atoms with van der Waals surface area (Å²) in [7, 11) is 0. The zero-order chi connectivity index (χ0) is 13.4. The first-order valence-corrected chi connectivity index (χ1v) is 8.53. The highest BCUT2D eigenvalue weighted by Gasteiger charge is 2.43. The van der Waals surface area contributed by atoms with Crippen molar-refractivity contribution < 1.29 is 0 Å². The van der Waals surface area contributed by atoms with Crippen molar-refractivity contribution in [3.8, 4) is 0 Å². The molecule has 1 aromatic rings. The average Bonchev–Trinajstić information content (AvgIpc) is 3.12. The molecule has 0 atom stereocenters. The predicted octanol–water partition coefficient (Wildman–Crippen LogP) is 4.15. The summed E-state index contributed by atoms with van der Waals surface area (Å²) < 4.78 is 0. The maximum atomic E-state index is 4.62. The zero-order valence-electron chi connectivity index (χ0n) is 11.7. The number of fused-ring (bicyclic) bond motifs is 1. The summed E-state index contributed by atoms with van der Waals surface area (Å²) in [6, 6.07) is 11.1. The lowest BCUT2D eigenvalue weighted by atomic mass is 9.67. The van der Waals surface area contributed by atoms with E-state index in [1.165, 1.54) is 48.5 Å². The highest BCUT2D eigenvalue weighted by molar-refractivity contribution is 8.16. The number of hydrogen-bond acceptors (Lipinski definition) is 3. The molecular weight excluding hydrogens is 264 g/mol. The van der Waals surface area contributed by atoms with Crippen LogP contribution >= 0.6 is 11.8 Å². The lowest BCUT2D eigenvalue weighted by Gasteiger charge is -2.41. The Labute approximate surface area is 125 Å². The molecule has 0 spiro atoms. The van der Waals surface area contributed by atoms with E-state index >= 15 is 0 Å². The van der Waals surface area contributed by atoms with Crippen molar-refractivity contribution in [3.63, 3.8) is 0 Å². The van der Waals surface area contributed by atoms with E-state index in [0.717, 1.165) is 13.1 Å². The fraction of sp³-hybridized carbons (Fsp3) is 0.471. The SMILES string of the molecule is C1=C(C2(c3ccccc3)CCCCC2)N2CCN=C2S1. The molecule has 0 amide bonds. The molecular formula is C17H20N2S. The van der Waals surface area contributed by atoms with Crippen molar-refractivity contribution in [3.05, 3.63) is 47.0 Å². The molecule has 1 aliphatic carbocycles. The number of amidine groups is 1. The third kappa shape index (κ3) is 1.83. The lowest BCUT2D eigenvalue weighted by Crippen LogP contribution is -2.39. The average molecular weight is 284 g/mol. The van der Waals surface area contributed by atoms with Crippen LogP contribution in [0.4, 0.5) is 0 Å². The Morgan fingerprint density at radius 2 is 1.85 bits per heavy atom. The molecule has 0 N–H and O–H groups in total. The molecule has 2 nitrogen and oxygen atoms in total. The Morgan fingerprint density at radius 3 is 2.65 bits per heavy atom. The maximum absolute atomic E-state index is 4.62. The Morgan fingerprint density at radius 1 is 1.05 bits per heavy atom. The van der Waals surface area contributed by atoms with E-state index in [0.29, 0.717) is 0 Å². The van der Waals surface area contributed by atoms with Crippen LogP contribution in [0.1, 0.15) is 37.7 Å². The normalized spacial score (nSPS) is 24.3. The number of benzene rings is 1. The van der Waals surface area contributed by atoms with Gasteiger partial charge in [-0.15, -0.1) is 0 Å². The second-order valence-electron chi connectivity index (χ2n) is 5.95. The molecule has 2 aliphatic heterocycles. The van der Waals surface area contributed by atoms with Gasteiger partial charge in [0, 0.05) is 17.7 Å². The summed E-state index contributed by atoms with van der Waals surface area (Å²) in [4.78, 5) is 7.10. The minimum absolute atomic E-state index is 0.230. The van der Waals surface area contributed by atoms with Gasteiger partial charge in [0.05, 0.1) is 6.54 Å². The number of aliphatic imine (C=N–C) groups is 1. The molecule has 3 heteroatoms. The van der Waals surface area contributed by atoms with Gasteiger partial charge in [0.2, 0.25) is 0 Å². The van der Waals surface area contributed by atoms with Gasteiger partial charge in [0.25, 0.3) is 0 Å². The summed E-state index contributed by atoms with van der Waals surface area (Å²) in [5.41, 5.74) is 3.25. The van der Waals surface area contributed by atoms with E-state index in [-0.39, 0.29) is 5.41 Å². The highest BCUT2D eigenvalue weighted by Crippen LogP contribution is 2.50. The van der Waals surface area contributed by atoms with Gasteiger partial charge in [-0.2, -0.15) is 0 Å². The van der Waals surface area contributed by atoms with Gasteiger partial charge in [-0.25, -0.2) is 0 Å². The Hall–Kier alpha value is -1.22. The van der Waals surface area contributed by atoms with E-state index in [2.05, 4.69) is 45.6 Å². The van der Waals surface area contributed by atoms with Crippen molar-refractivity contribution in [2.75, 3.05) is 13.1 Å². The molecule has 104 valence electrons. The quantitative estimate of drug-likeness (QED) is 0.811. The molecule has 3 aliphatic rings. The van der Waals surface area contributed by atoms with Crippen LogP contribution in [0.3, 0.4) is 0 Å². The fourth-order valence-electron chi connectivity index (χ4n) is 3.90. The summed E-state index contributed by atoms with van der Waals surface area (Å²) in [6.45, 7) is 2.04. The lowest BCUT2D eigenvalue weighted by molar-refractivity contribution is 0.295. The van der Waals surface area contributed by atoms with Crippen molar-refractivity contribution in [1.82, 2.24) is 4.90 Å². The van der Waals surface area contributed by atoms with Crippen LogP contribution in [0.5, 0.6) is 0 Å². The molecule has 1 saturated carbocycles. The van der Waals surface area contributed by atoms with E-state index < -0.39 is 0 Å². The fourth-order valence-corrected chi connectivity index (χ4v) is 4.95. The van der Waals surface area contributed by atoms with Gasteiger partial charge >= 0.3 is 0 Å². The first-order chi connectivity index (χ1) is 9.90. The highest BCUT2D eigenvalue weighted by atomic mass is 32.2. The topological polar surface area (TPSA) is 15.6 Å². The van der Waals surface area contributed by atoms with Crippen LogP contribution < -0.4 is 0 Å². The van der Waals surface area contributed by atoms with E-state index in [1.807, 2.05) is 11.8 Å². The number of rotatable bonds is 2. The second kappa shape index (κ2) is 4.96. The molecule has 0 unspecified atom stereocenters. The predicted molar refractivity (Wildman–Crippen MR) is 85.9 cm³/mol. The Bertz CT molecular complexity index is 556. The summed E-state index contributed by atoms with van der Waals surface area (Å²) in [5, 5.41) is 3.59. The molecule has 0 bridgehead atoms. The number of hydrogen-bond donors (Lipinski definition) is 0. The van der Waals surface area contributed by atoms with Gasteiger partial charge in [0.15, 0.2) is 5.17 Å². The maximum Gasteiger partial charge on any atom is 0.167 e. The van der Waals surface area contributed by atoms with Crippen LogP contribution in [0.25, 0.3) is 0 Å². The van der Waals surface area contributed by atoms with Crippen molar-refractivity contribution in [2.45, 2.75) is 37.5 Å². The van der Waals surface area contributed by atoms with Gasteiger partial charge in [0.1, 0.15) is 0 Å². The second-order valence-corrected chi connectivity index (χ2v) is 6.78. The molecule has 0 radical (unpaired) electrons. The Kier molecular flexibility index (Phi) is 3.10. The monoisotopic (exact) mass is 284 g/mol. The summed E-state index contributed by atoms with van der Waals surface area (Å²) in [5.74, 6) is 0. The van der Waals surface area contributed by atoms with Crippen molar-refractivity contribution in [2.24, 2.45) is 4.99 Å². The zero-order valence-corrected chi connectivity index (χ0v) is 12.5. The van der Waals surface area contributed by atoms with Gasteiger partial charge in [-0.1, -0.05) is 61.4 Å². The number of allylic oxidation sites excluding steroid dienone is 1. The minimum atomic E-state index is 0.230. The third-order valence-electron chi connectivity index (χ3n) is 4.89. The van der Waals surface area contributed by atoms with Crippen LogP contribution in [-0.2, 0) is 5.41 Å². The van der Waals surface area contributed by atoms with Crippen molar-refractivity contribution >= 4 is 16.9 Å². The summed E-state index contributed by atoms with van der Waals surface area (Å²) >= 11 is 1.82. The molecule has 4 rings (SSSR count). The minimum Gasteiger partial charge on any atom is -0.321 e. The van der Waals surface area contributed by atoms with Gasteiger partial charge in [-0.05, 0) is 23.8 Å². The Balaban J connectivity index is 1.78. The number of nitrogens with zero attached hydrogens (tertiary/aromatic N) is 2. The third-order valence-corrected chi connectivity index (χ3v) is 5.79. The molecule has 0 aromatic heterocycles. The molecule has 0 saturated heterocycles. The van der Waals surface area contributed by atoms with E-state index in [4.69, 9.17) is 0 Å². The van der Waals surface area contributed by atoms with E-state index in [1.54, 1.807) is 0 Å². The number of thioether (sulfide) groups is 1. The van der Waals surface area contributed by atoms with Crippen LogP contribution in [0.15, 0.2) is 46.4 Å². The molecule has 1 aromatic carbocycles. The first-order valence-electron chi connectivity index (χ1n) is 7.65. The molecule has 2 heterocycles.